The molecule has 0 fully saturated rings. The molecule has 1 heterocycles. The maximum atomic E-state index is 12.3. The number of ether oxygens (including phenoxy) is 1. The van der Waals surface area contributed by atoms with Crippen LogP contribution in [0.3, 0.4) is 0 Å². The Bertz CT molecular complexity index is 1010. The SMILES string of the molecule is CSc1cccc(-n2nnn(C)c2=O)c1COc1cc(Cl)c(C)cc1C. The second kappa shape index (κ2) is 7.55. The molecule has 8 heteroatoms. The molecule has 0 spiro atoms. The molecule has 0 aliphatic rings. The van der Waals surface area contributed by atoms with Gasteiger partial charge in [0.2, 0.25) is 0 Å². The first kappa shape index (κ1) is 18.5. The summed E-state index contributed by atoms with van der Waals surface area (Å²) in [5.74, 6) is 0.717. The van der Waals surface area contributed by atoms with E-state index in [9.17, 15) is 4.79 Å². The Labute approximate surface area is 160 Å². The highest BCUT2D eigenvalue weighted by Crippen LogP contribution is 2.30. The molecule has 0 bridgehead atoms. The largest absolute Gasteiger partial charge is 0.488 e. The van der Waals surface area contributed by atoms with E-state index in [4.69, 9.17) is 16.3 Å². The van der Waals surface area contributed by atoms with E-state index in [2.05, 4.69) is 10.4 Å². The molecule has 0 aliphatic carbocycles. The van der Waals surface area contributed by atoms with Crippen molar-refractivity contribution in [1.29, 1.82) is 0 Å². The zero-order valence-electron chi connectivity index (χ0n) is 15.0. The third kappa shape index (κ3) is 3.50. The summed E-state index contributed by atoms with van der Waals surface area (Å²) in [5.41, 5.74) is 3.24. The quantitative estimate of drug-likeness (QED) is 0.623. The van der Waals surface area contributed by atoms with Gasteiger partial charge in [0.1, 0.15) is 12.4 Å². The Hall–Kier alpha value is -2.25. The van der Waals surface area contributed by atoms with Crippen molar-refractivity contribution < 1.29 is 4.74 Å². The zero-order valence-corrected chi connectivity index (χ0v) is 16.6. The number of halogens is 1. The fourth-order valence-electron chi connectivity index (χ4n) is 2.67. The van der Waals surface area contributed by atoms with E-state index in [0.29, 0.717) is 16.5 Å². The van der Waals surface area contributed by atoms with Gasteiger partial charge in [-0.1, -0.05) is 23.7 Å². The average Bonchev–Trinajstić information content (AvgIpc) is 2.95. The van der Waals surface area contributed by atoms with Crippen molar-refractivity contribution in [3.63, 3.8) is 0 Å². The van der Waals surface area contributed by atoms with Gasteiger partial charge in [-0.05, 0) is 59.9 Å². The standard InChI is InChI=1S/C18H19ClN4O2S/c1-11-8-12(2)16(9-14(11)19)25-10-13-15(6-5-7-17(13)26-4)23-18(24)22(3)20-21-23/h5-9H,10H2,1-4H3. The Morgan fingerprint density at radius 2 is 1.96 bits per heavy atom. The molecular weight excluding hydrogens is 372 g/mol. The molecule has 0 N–H and O–H groups in total. The summed E-state index contributed by atoms with van der Waals surface area (Å²) in [6, 6.07) is 9.53. The number of aromatic nitrogens is 4. The number of hydrogen-bond donors (Lipinski definition) is 0. The molecule has 0 unspecified atom stereocenters. The number of rotatable bonds is 5. The maximum absolute atomic E-state index is 12.3. The molecule has 0 amide bonds. The lowest BCUT2D eigenvalue weighted by molar-refractivity contribution is 0.300. The van der Waals surface area contributed by atoms with Crippen LogP contribution < -0.4 is 10.4 Å². The van der Waals surface area contributed by atoms with E-state index in [1.54, 1.807) is 18.8 Å². The van der Waals surface area contributed by atoms with Crippen LogP contribution in [0.25, 0.3) is 5.69 Å². The molecule has 2 aromatic carbocycles. The lowest BCUT2D eigenvalue weighted by Crippen LogP contribution is -2.23. The van der Waals surface area contributed by atoms with Gasteiger partial charge in [0.05, 0.1) is 5.69 Å². The third-order valence-corrected chi connectivity index (χ3v) is 5.34. The van der Waals surface area contributed by atoms with E-state index in [1.165, 1.54) is 9.36 Å². The number of hydrogen-bond acceptors (Lipinski definition) is 5. The van der Waals surface area contributed by atoms with Gasteiger partial charge in [0.15, 0.2) is 0 Å². The lowest BCUT2D eigenvalue weighted by atomic mass is 10.1. The Morgan fingerprint density at radius 3 is 2.62 bits per heavy atom. The van der Waals surface area contributed by atoms with Crippen molar-refractivity contribution in [1.82, 2.24) is 19.8 Å². The average molecular weight is 391 g/mol. The van der Waals surface area contributed by atoms with E-state index in [1.807, 2.05) is 50.4 Å². The number of tetrazole rings is 1. The highest BCUT2D eigenvalue weighted by Gasteiger charge is 2.15. The van der Waals surface area contributed by atoms with Gasteiger partial charge in [-0.3, -0.25) is 0 Å². The minimum atomic E-state index is -0.306. The van der Waals surface area contributed by atoms with E-state index in [0.717, 1.165) is 21.6 Å². The second-order valence-electron chi connectivity index (χ2n) is 5.91. The number of benzene rings is 2. The summed E-state index contributed by atoms with van der Waals surface area (Å²) in [6.45, 7) is 4.23. The molecule has 3 aromatic rings. The number of nitrogens with zero attached hydrogens (tertiary/aromatic N) is 4. The zero-order chi connectivity index (χ0) is 18.8. The first-order chi connectivity index (χ1) is 12.4. The van der Waals surface area contributed by atoms with Crippen LogP contribution in [0.1, 0.15) is 16.7 Å². The molecule has 26 heavy (non-hydrogen) atoms. The highest BCUT2D eigenvalue weighted by atomic mass is 35.5. The predicted molar refractivity (Wildman–Crippen MR) is 104 cm³/mol. The molecule has 6 nitrogen and oxygen atoms in total. The first-order valence-corrected chi connectivity index (χ1v) is 9.57. The maximum Gasteiger partial charge on any atom is 0.368 e. The fraction of sp³-hybridized carbons (Fsp3) is 0.278. The van der Waals surface area contributed by atoms with Crippen molar-refractivity contribution >= 4 is 23.4 Å². The van der Waals surface area contributed by atoms with Gasteiger partial charge < -0.3 is 4.74 Å². The van der Waals surface area contributed by atoms with Crippen LogP contribution in [0, 0.1) is 13.8 Å². The van der Waals surface area contributed by atoms with Gasteiger partial charge in [-0.2, -0.15) is 9.36 Å². The molecule has 136 valence electrons. The monoisotopic (exact) mass is 390 g/mol. The molecular formula is C18H19ClN4O2S. The Balaban J connectivity index is 2.01. The highest BCUT2D eigenvalue weighted by molar-refractivity contribution is 7.98. The van der Waals surface area contributed by atoms with Crippen molar-refractivity contribution in [2.45, 2.75) is 25.3 Å². The summed E-state index contributed by atoms with van der Waals surface area (Å²) < 4.78 is 8.52. The normalized spacial score (nSPS) is 11.0. The Morgan fingerprint density at radius 1 is 1.19 bits per heavy atom. The molecule has 0 saturated carbocycles. The number of thioether (sulfide) groups is 1. The molecule has 0 atom stereocenters. The van der Waals surface area contributed by atoms with Crippen molar-refractivity contribution in [2.75, 3.05) is 6.26 Å². The summed E-state index contributed by atoms with van der Waals surface area (Å²) in [5, 5.41) is 8.41. The van der Waals surface area contributed by atoms with E-state index < -0.39 is 0 Å². The van der Waals surface area contributed by atoms with Crippen LogP contribution in [0.2, 0.25) is 5.02 Å². The number of aryl methyl sites for hydroxylation is 3. The Kier molecular flexibility index (Phi) is 5.38. The van der Waals surface area contributed by atoms with Gasteiger partial charge in [0, 0.05) is 22.5 Å². The van der Waals surface area contributed by atoms with E-state index >= 15 is 0 Å². The molecule has 0 saturated heterocycles. The molecule has 1 aromatic heterocycles. The topological polar surface area (TPSA) is 61.9 Å². The molecule has 0 aliphatic heterocycles. The van der Waals surface area contributed by atoms with Gasteiger partial charge in [-0.25, -0.2) is 4.79 Å². The predicted octanol–water partition coefficient (Wildman–Crippen LogP) is 3.54. The van der Waals surface area contributed by atoms with Gasteiger partial charge in [-0.15, -0.1) is 11.8 Å². The summed E-state index contributed by atoms with van der Waals surface area (Å²) >= 11 is 7.81. The molecule has 0 radical (unpaired) electrons. The third-order valence-electron chi connectivity index (χ3n) is 4.11. The van der Waals surface area contributed by atoms with Crippen molar-refractivity contribution in [2.24, 2.45) is 7.05 Å². The summed E-state index contributed by atoms with van der Waals surface area (Å²) in [7, 11) is 1.57. The first-order valence-electron chi connectivity index (χ1n) is 7.97. The van der Waals surface area contributed by atoms with Crippen molar-refractivity contribution in [3.8, 4) is 11.4 Å². The summed E-state index contributed by atoms with van der Waals surface area (Å²) in [4.78, 5) is 13.3. The van der Waals surface area contributed by atoms with Crippen LogP contribution in [0.4, 0.5) is 0 Å². The van der Waals surface area contributed by atoms with E-state index in [-0.39, 0.29) is 12.3 Å². The fourth-order valence-corrected chi connectivity index (χ4v) is 3.44. The van der Waals surface area contributed by atoms with Crippen LogP contribution in [-0.2, 0) is 13.7 Å². The van der Waals surface area contributed by atoms with Crippen LogP contribution >= 0.6 is 23.4 Å². The second-order valence-corrected chi connectivity index (χ2v) is 7.17. The van der Waals surface area contributed by atoms with Crippen LogP contribution in [0.15, 0.2) is 40.0 Å². The van der Waals surface area contributed by atoms with Gasteiger partial charge in [0.25, 0.3) is 0 Å². The van der Waals surface area contributed by atoms with Crippen LogP contribution in [-0.4, -0.2) is 26.0 Å². The minimum Gasteiger partial charge on any atom is -0.488 e. The molecule has 3 rings (SSSR count). The smallest absolute Gasteiger partial charge is 0.368 e. The summed E-state index contributed by atoms with van der Waals surface area (Å²) in [6.07, 6.45) is 1.98. The lowest BCUT2D eigenvalue weighted by Gasteiger charge is -2.15. The minimum absolute atomic E-state index is 0.287. The van der Waals surface area contributed by atoms with Crippen LogP contribution in [0.5, 0.6) is 5.75 Å². The van der Waals surface area contributed by atoms with Gasteiger partial charge >= 0.3 is 5.69 Å². The van der Waals surface area contributed by atoms with Crippen molar-refractivity contribution in [3.05, 3.63) is 62.5 Å².